The molecule has 0 amide bonds. The minimum atomic E-state index is -0.987. The maximum Gasteiger partial charge on any atom is 0.320 e. The van der Waals surface area contributed by atoms with Gasteiger partial charge in [-0.05, 0) is 18.9 Å². The summed E-state index contributed by atoms with van der Waals surface area (Å²) in [4.78, 5) is 10.7. The number of methoxy groups -OCH3 is 2. The van der Waals surface area contributed by atoms with E-state index in [2.05, 4.69) is 0 Å². The van der Waals surface area contributed by atoms with Crippen molar-refractivity contribution in [3.8, 4) is 0 Å². The van der Waals surface area contributed by atoms with Gasteiger partial charge in [0.25, 0.3) is 0 Å². The molecular formula is C12H19NO4. The zero-order valence-corrected chi connectivity index (χ0v) is 10.2. The van der Waals surface area contributed by atoms with Gasteiger partial charge < -0.3 is 20.3 Å². The van der Waals surface area contributed by atoms with Crippen molar-refractivity contribution in [3.05, 3.63) is 24.0 Å². The molecule has 3 N–H and O–H groups in total. The third kappa shape index (κ3) is 3.57. The Morgan fingerprint density at radius 3 is 2.88 bits per heavy atom. The van der Waals surface area contributed by atoms with Gasteiger partial charge in [0.05, 0.1) is 18.5 Å². The molecule has 0 aromatic carbocycles. The summed E-state index contributed by atoms with van der Waals surface area (Å²) >= 11 is 0. The van der Waals surface area contributed by atoms with Crippen LogP contribution in [-0.4, -0.2) is 36.9 Å². The lowest BCUT2D eigenvalue weighted by atomic mass is 9.87. The number of carboxylic acid groups (broad SMARTS) is 1. The van der Waals surface area contributed by atoms with Gasteiger partial charge in [-0.1, -0.05) is 12.2 Å². The fourth-order valence-electron chi connectivity index (χ4n) is 1.82. The second-order valence-corrected chi connectivity index (χ2v) is 4.13. The molecular weight excluding hydrogens is 222 g/mol. The van der Waals surface area contributed by atoms with E-state index >= 15 is 0 Å². The van der Waals surface area contributed by atoms with Crippen LogP contribution in [0.4, 0.5) is 0 Å². The van der Waals surface area contributed by atoms with Crippen molar-refractivity contribution in [2.75, 3.05) is 14.2 Å². The van der Waals surface area contributed by atoms with Gasteiger partial charge in [0.15, 0.2) is 0 Å². The second-order valence-electron chi connectivity index (χ2n) is 4.13. The topological polar surface area (TPSA) is 81.8 Å². The number of aliphatic carboxylic acids is 1. The monoisotopic (exact) mass is 241 g/mol. The van der Waals surface area contributed by atoms with Gasteiger partial charge in [-0.25, -0.2) is 0 Å². The first-order valence-corrected chi connectivity index (χ1v) is 5.49. The highest BCUT2D eigenvalue weighted by atomic mass is 16.5. The van der Waals surface area contributed by atoms with Gasteiger partial charge in [0.2, 0.25) is 0 Å². The number of rotatable bonds is 6. The Labute approximate surface area is 101 Å². The molecule has 1 aliphatic rings. The lowest BCUT2D eigenvalue weighted by molar-refractivity contribution is -0.138. The molecule has 5 heteroatoms. The van der Waals surface area contributed by atoms with Crippen LogP contribution in [0.25, 0.3) is 0 Å². The number of ether oxygens (including phenoxy) is 2. The largest absolute Gasteiger partial charge is 0.501 e. The summed E-state index contributed by atoms with van der Waals surface area (Å²) in [6, 6.07) is -0.854. The highest BCUT2D eigenvalue weighted by Crippen LogP contribution is 2.31. The summed E-state index contributed by atoms with van der Waals surface area (Å²) in [5, 5.41) is 8.75. The van der Waals surface area contributed by atoms with E-state index in [-0.39, 0.29) is 0 Å². The van der Waals surface area contributed by atoms with Crippen LogP contribution in [0.5, 0.6) is 0 Å². The molecule has 0 aromatic rings. The summed E-state index contributed by atoms with van der Waals surface area (Å²) in [5.74, 6) is -0.170. The minimum Gasteiger partial charge on any atom is -0.501 e. The fraction of sp³-hybridized carbons (Fsp3) is 0.583. The number of nitrogens with two attached hydrogens (primary N) is 1. The van der Waals surface area contributed by atoms with Crippen molar-refractivity contribution in [1.29, 1.82) is 0 Å². The Balaban J connectivity index is 2.62. The molecule has 5 nitrogen and oxygen atoms in total. The van der Waals surface area contributed by atoms with Crippen molar-refractivity contribution < 1.29 is 19.4 Å². The van der Waals surface area contributed by atoms with Gasteiger partial charge in [-0.15, -0.1) is 0 Å². The van der Waals surface area contributed by atoms with Crippen LogP contribution < -0.4 is 5.73 Å². The zero-order valence-electron chi connectivity index (χ0n) is 10.2. The van der Waals surface area contributed by atoms with E-state index < -0.39 is 17.6 Å². The van der Waals surface area contributed by atoms with Crippen LogP contribution in [-0.2, 0) is 14.3 Å². The van der Waals surface area contributed by atoms with Crippen molar-refractivity contribution >= 4 is 5.97 Å². The van der Waals surface area contributed by atoms with E-state index in [0.717, 1.165) is 5.76 Å². The Bertz CT molecular complexity index is 337. The number of carboxylic acids is 1. The molecule has 2 atom stereocenters. The molecule has 0 saturated heterocycles. The third-order valence-corrected chi connectivity index (χ3v) is 3.02. The summed E-state index contributed by atoms with van der Waals surface area (Å²) in [5.41, 5.74) is 4.98. The molecule has 0 aliphatic heterocycles. The molecule has 96 valence electrons. The van der Waals surface area contributed by atoms with Crippen LogP contribution in [0.3, 0.4) is 0 Å². The minimum absolute atomic E-state index is 0.366. The number of carbonyl (C=O) groups is 1. The maximum absolute atomic E-state index is 10.7. The smallest absolute Gasteiger partial charge is 0.320 e. The van der Waals surface area contributed by atoms with Crippen molar-refractivity contribution in [2.24, 2.45) is 5.73 Å². The standard InChI is InChI=1S/C12H19NO4/c1-16-9-4-3-6-12(8-9,17-2)7-5-10(13)11(14)15/h3-4,6,10H,5,7-8,13H2,1-2H3,(H,14,15)/t10-,12?/m0/s1. The SMILES string of the molecule is COC1=CC=CC(CC[C@H](N)C(=O)O)(OC)C1. The average Bonchev–Trinajstić information content (AvgIpc) is 2.36. The summed E-state index contributed by atoms with van der Waals surface area (Å²) < 4.78 is 10.7. The molecule has 17 heavy (non-hydrogen) atoms. The Hall–Kier alpha value is -1.33. The van der Waals surface area contributed by atoms with Crippen LogP contribution in [0.15, 0.2) is 24.0 Å². The third-order valence-electron chi connectivity index (χ3n) is 3.02. The molecule has 0 spiro atoms. The summed E-state index contributed by atoms with van der Waals surface area (Å²) in [6.07, 6.45) is 7.16. The van der Waals surface area contributed by atoms with Gasteiger partial charge in [-0.3, -0.25) is 4.79 Å². The van der Waals surface area contributed by atoms with Crippen LogP contribution >= 0.6 is 0 Å². The number of allylic oxidation sites excluding steroid dienone is 2. The first kappa shape index (κ1) is 13.7. The maximum atomic E-state index is 10.7. The van der Waals surface area contributed by atoms with E-state index in [4.69, 9.17) is 20.3 Å². The highest BCUT2D eigenvalue weighted by molar-refractivity contribution is 5.72. The first-order valence-electron chi connectivity index (χ1n) is 5.49. The number of hydrogen-bond acceptors (Lipinski definition) is 4. The Morgan fingerprint density at radius 1 is 1.65 bits per heavy atom. The summed E-state index contributed by atoms with van der Waals surface area (Å²) in [6.45, 7) is 0. The molecule has 0 saturated carbocycles. The van der Waals surface area contributed by atoms with Crippen molar-refractivity contribution in [3.63, 3.8) is 0 Å². The van der Waals surface area contributed by atoms with E-state index in [1.54, 1.807) is 14.2 Å². The highest BCUT2D eigenvalue weighted by Gasteiger charge is 2.31. The van der Waals surface area contributed by atoms with E-state index in [9.17, 15) is 4.79 Å². The van der Waals surface area contributed by atoms with Crippen LogP contribution in [0.1, 0.15) is 19.3 Å². The molecule has 1 rings (SSSR count). The fourth-order valence-corrected chi connectivity index (χ4v) is 1.82. The molecule has 0 radical (unpaired) electrons. The Morgan fingerprint density at radius 2 is 2.35 bits per heavy atom. The number of hydrogen-bond donors (Lipinski definition) is 2. The van der Waals surface area contributed by atoms with Gasteiger partial charge in [-0.2, -0.15) is 0 Å². The predicted octanol–water partition coefficient (Wildman–Crippen LogP) is 1.05. The molecule has 0 aromatic heterocycles. The van der Waals surface area contributed by atoms with Gasteiger partial charge in [0.1, 0.15) is 6.04 Å². The first-order chi connectivity index (χ1) is 8.03. The van der Waals surface area contributed by atoms with Crippen LogP contribution in [0.2, 0.25) is 0 Å². The van der Waals surface area contributed by atoms with Gasteiger partial charge in [0, 0.05) is 13.5 Å². The molecule has 0 heterocycles. The second kappa shape index (κ2) is 5.84. The van der Waals surface area contributed by atoms with Crippen LogP contribution in [0, 0.1) is 0 Å². The van der Waals surface area contributed by atoms with E-state index in [1.165, 1.54) is 0 Å². The summed E-state index contributed by atoms with van der Waals surface area (Å²) in [7, 11) is 3.21. The lowest BCUT2D eigenvalue weighted by Gasteiger charge is -2.32. The lowest BCUT2D eigenvalue weighted by Crippen LogP contribution is -2.36. The molecule has 0 fully saturated rings. The normalized spacial score (nSPS) is 25.2. The zero-order chi connectivity index (χ0) is 12.9. The molecule has 1 unspecified atom stereocenters. The van der Waals surface area contributed by atoms with E-state index in [1.807, 2.05) is 18.2 Å². The predicted molar refractivity (Wildman–Crippen MR) is 63.4 cm³/mol. The average molecular weight is 241 g/mol. The Kier molecular flexibility index (Phi) is 4.72. The van der Waals surface area contributed by atoms with Gasteiger partial charge >= 0.3 is 5.97 Å². The molecule has 1 aliphatic carbocycles. The van der Waals surface area contributed by atoms with E-state index in [0.29, 0.717) is 19.3 Å². The quantitative estimate of drug-likeness (QED) is 0.726. The van der Waals surface area contributed by atoms with Crippen molar-refractivity contribution in [1.82, 2.24) is 0 Å². The van der Waals surface area contributed by atoms with Crippen molar-refractivity contribution in [2.45, 2.75) is 30.9 Å². The molecule has 0 bridgehead atoms.